The second-order valence-corrected chi connectivity index (χ2v) is 6.69. The SMILES string of the molecule is Cc1oc(C(C)(C)C)cc1CN[C@@H](C(=O)O)c1ccc(O)cc1. The highest BCUT2D eigenvalue weighted by Crippen LogP contribution is 2.27. The van der Waals surface area contributed by atoms with E-state index in [0.29, 0.717) is 12.1 Å². The first-order valence-electron chi connectivity index (χ1n) is 7.53. The number of benzene rings is 1. The lowest BCUT2D eigenvalue weighted by Crippen LogP contribution is -2.28. The Balaban J connectivity index is 2.15. The van der Waals surface area contributed by atoms with Gasteiger partial charge in [-0.25, -0.2) is 0 Å². The van der Waals surface area contributed by atoms with Gasteiger partial charge in [-0.15, -0.1) is 0 Å². The molecule has 0 amide bonds. The standard InChI is InChI=1S/C18H23NO4/c1-11-13(9-15(23-11)18(2,3)4)10-19-16(17(21)22)12-5-7-14(20)8-6-12/h5-9,16,19-20H,10H2,1-4H3,(H,21,22)/t16-/m1/s1. The van der Waals surface area contributed by atoms with E-state index in [1.807, 2.05) is 13.0 Å². The van der Waals surface area contributed by atoms with Gasteiger partial charge in [0.1, 0.15) is 23.3 Å². The van der Waals surface area contributed by atoms with E-state index in [1.165, 1.54) is 12.1 Å². The van der Waals surface area contributed by atoms with Crippen molar-refractivity contribution in [1.82, 2.24) is 5.32 Å². The molecule has 0 saturated heterocycles. The van der Waals surface area contributed by atoms with E-state index < -0.39 is 12.0 Å². The van der Waals surface area contributed by atoms with Gasteiger partial charge < -0.3 is 14.6 Å². The lowest BCUT2D eigenvalue weighted by molar-refractivity contribution is -0.139. The number of phenolic OH excluding ortho intramolecular Hbond substituents is 1. The Labute approximate surface area is 136 Å². The number of rotatable bonds is 5. The van der Waals surface area contributed by atoms with Crippen molar-refractivity contribution in [2.24, 2.45) is 0 Å². The van der Waals surface area contributed by atoms with Gasteiger partial charge in [-0.1, -0.05) is 32.9 Å². The Morgan fingerprint density at radius 2 is 1.87 bits per heavy atom. The molecule has 23 heavy (non-hydrogen) atoms. The first kappa shape index (κ1) is 17.1. The summed E-state index contributed by atoms with van der Waals surface area (Å²) in [6.07, 6.45) is 0. The van der Waals surface area contributed by atoms with Crippen molar-refractivity contribution < 1.29 is 19.4 Å². The van der Waals surface area contributed by atoms with Crippen LogP contribution in [0.4, 0.5) is 0 Å². The molecular formula is C18H23NO4. The van der Waals surface area contributed by atoms with E-state index in [0.717, 1.165) is 17.1 Å². The monoisotopic (exact) mass is 317 g/mol. The molecule has 0 aliphatic heterocycles. The van der Waals surface area contributed by atoms with Crippen LogP contribution in [0.15, 0.2) is 34.7 Å². The number of nitrogens with one attached hydrogen (secondary N) is 1. The molecule has 5 heteroatoms. The highest BCUT2D eigenvalue weighted by molar-refractivity contribution is 5.75. The summed E-state index contributed by atoms with van der Waals surface area (Å²) >= 11 is 0. The van der Waals surface area contributed by atoms with Crippen molar-refractivity contribution in [2.45, 2.75) is 45.7 Å². The minimum atomic E-state index is -0.965. The summed E-state index contributed by atoms with van der Waals surface area (Å²) in [7, 11) is 0. The van der Waals surface area contributed by atoms with Crippen molar-refractivity contribution >= 4 is 5.97 Å². The minimum Gasteiger partial charge on any atom is -0.508 e. The average Bonchev–Trinajstić information content (AvgIpc) is 2.82. The number of hydrogen-bond acceptors (Lipinski definition) is 4. The van der Waals surface area contributed by atoms with Gasteiger partial charge >= 0.3 is 5.97 Å². The Bertz CT molecular complexity index is 680. The van der Waals surface area contributed by atoms with Crippen LogP contribution in [-0.2, 0) is 16.8 Å². The number of carboxylic acid groups (broad SMARTS) is 1. The third kappa shape index (κ3) is 4.13. The van der Waals surface area contributed by atoms with E-state index >= 15 is 0 Å². The molecule has 0 spiro atoms. The number of carboxylic acids is 1. The Kier molecular flexibility index (Phi) is 4.80. The summed E-state index contributed by atoms with van der Waals surface area (Å²) in [6.45, 7) is 8.47. The van der Waals surface area contributed by atoms with Crippen molar-refractivity contribution in [3.05, 3.63) is 53.0 Å². The number of furan rings is 1. The van der Waals surface area contributed by atoms with Gasteiger partial charge in [0, 0.05) is 17.5 Å². The third-order valence-electron chi connectivity index (χ3n) is 3.73. The molecule has 0 radical (unpaired) electrons. The van der Waals surface area contributed by atoms with Crippen LogP contribution in [0.3, 0.4) is 0 Å². The van der Waals surface area contributed by atoms with Crippen LogP contribution in [-0.4, -0.2) is 16.2 Å². The van der Waals surface area contributed by atoms with Gasteiger partial charge in [-0.05, 0) is 30.7 Å². The highest BCUT2D eigenvalue weighted by Gasteiger charge is 2.23. The summed E-state index contributed by atoms with van der Waals surface area (Å²) in [5, 5.41) is 21.8. The smallest absolute Gasteiger partial charge is 0.325 e. The van der Waals surface area contributed by atoms with Crippen LogP contribution in [0.1, 0.15) is 49.5 Å². The number of carbonyl (C=O) groups is 1. The van der Waals surface area contributed by atoms with Crippen LogP contribution in [0.2, 0.25) is 0 Å². The number of aryl methyl sites for hydroxylation is 1. The van der Waals surface area contributed by atoms with E-state index in [-0.39, 0.29) is 11.2 Å². The Morgan fingerprint density at radius 1 is 1.26 bits per heavy atom. The quantitative estimate of drug-likeness (QED) is 0.786. The molecule has 1 heterocycles. The lowest BCUT2D eigenvalue weighted by Gasteiger charge is -2.15. The zero-order valence-corrected chi connectivity index (χ0v) is 13.9. The molecule has 0 fully saturated rings. The van der Waals surface area contributed by atoms with Gasteiger partial charge in [-0.3, -0.25) is 10.1 Å². The third-order valence-corrected chi connectivity index (χ3v) is 3.73. The molecule has 5 nitrogen and oxygen atoms in total. The van der Waals surface area contributed by atoms with E-state index in [2.05, 4.69) is 26.1 Å². The molecule has 0 aliphatic carbocycles. The lowest BCUT2D eigenvalue weighted by atomic mass is 9.93. The molecule has 0 bridgehead atoms. The van der Waals surface area contributed by atoms with Gasteiger partial charge in [0.25, 0.3) is 0 Å². The fraction of sp³-hybridized carbons (Fsp3) is 0.389. The summed E-state index contributed by atoms with van der Waals surface area (Å²) < 4.78 is 5.77. The van der Waals surface area contributed by atoms with Gasteiger partial charge in [0.2, 0.25) is 0 Å². The molecule has 1 aromatic carbocycles. The number of aliphatic carboxylic acids is 1. The second kappa shape index (κ2) is 6.46. The molecule has 0 saturated carbocycles. The zero-order valence-electron chi connectivity index (χ0n) is 13.9. The van der Waals surface area contributed by atoms with Crippen LogP contribution in [0.25, 0.3) is 0 Å². The molecule has 0 aliphatic rings. The van der Waals surface area contributed by atoms with Crippen LogP contribution >= 0.6 is 0 Å². The molecule has 1 aromatic heterocycles. The Morgan fingerprint density at radius 3 is 2.35 bits per heavy atom. The van der Waals surface area contributed by atoms with Crippen molar-refractivity contribution in [2.75, 3.05) is 0 Å². The first-order chi connectivity index (χ1) is 10.7. The first-order valence-corrected chi connectivity index (χ1v) is 7.53. The molecule has 2 aromatic rings. The minimum absolute atomic E-state index is 0.0911. The van der Waals surface area contributed by atoms with Gasteiger partial charge in [0.05, 0.1) is 0 Å². The van der Waals surface area contributed by atoms with E-state index in [9.17, 15) is 15.0 Å². The largest absolute Gasteiger partial charge is 0.508 e. The fourth-order valence-electron chi connectivity index (χ4n) is 2.29. The number of hydrogen-bond donors (Lipinski definition) is 3. The number of aromatic hydroxyl groups is 1. The van der Waals surface area contributed by atoms with Crippen molar-refractivity contribution in [3.63, 3.8) is 0 Å². The maximum absolute atomic E-state index is 11.5. The molecule has 0 unspecified atom stereocenters. The summed E-state index contributed by atoms with van der Waals surface area (Å²) in [5.74, 6) is 0.812. The highest BCUT2D eigenvalue weighted by atomic mass is 16.4. The van der Waals surface area contributed by atoms with E-state index in [1.54, 1.807) is 12.1 Å². The van der Waals surface area contributed by atoms with Crippen molar-refractivity contribution in [3.8, 4) is 5.75 Å². The summed E-state index contributed by atoms with van der Waals surface area (Å²) in [4.78, 5) is 11.5. The topological polar surface area (TPSA) is 82.7 Å². The fourth-order valence-corrected chi connectivity index (χ4v) is 2.29. The van der Waals surface area contributed by atoms with Gasteiger partial charge in [0.15, 0.2) is 0 Å². The second-order valence-electron chi connectivity index (χ2n) is 6.69. The normalized spacial score (nSPS) is 13.0. The van der Waals surface area contributed by atoms with Crippen LogP contribution in [0.5, 0.6) is 5.75 Å². The molecule has 2 rings (SSSR count). The molecule has 3 N–H and O–H groups in total. The Hall–Kier alpha value is -2.27. The maximum Gasteiger partial charge on any atom is 0.325 e. The summed E-state index contributed by atoms with van der Waals surface area (Å²) in [5.41, 5.74) is 1.44. The van der Waals surface area contributed by atoms with Crippen LogP contribution < -0.4 is 5.32 Å². The molecular weight excluding hydrogens is 294 g/mol. The molecule has 124 valence electrons. The molecule has 1 atom stereocenters. The predicted octanol–water partition coefficient (Wildman–Crippen LogP) is 3.51. The maximum atomic E-state index is 11.5. The van der Waals surface area contributed by atoms with Crippen LogP contribution in [0, 0.1) is 6.92 Å². The zero-order chi connectivity index (χ0) is 17.2. The summed E-state index contributed by atoms with van der Waals surface area (Å²) in [6, 6.07) is 7.29. The predicted molar refractivity (Wildman–Crippen MR) is 87.5 cm³/mol. The van der Waals surface area contributed by atoms with Crippen molar-refractivity contribution in [1.29, 1.82) is 0 Å². The van der Waals surface area contributed by atoms with Gasteiger partial charge in [-0.2, -0.15) is 0 Å². The average molecular weight is 317 g/mol. The number of phenols is 1. The van der Waals surface area contributed by atoms with E-state index in [4.69, 9.17) is 4.42 Å².